The van der Waals surface area contributed by atoms with Crippen molar-refractivity contribution in [3.05, 3.63) is 48.4 Å². The Morgan fingerprint density at radius 1 is 1.00 bits per heavy atom. The van der Waals surface area contributed by atoms with Gasteiger partial charge in [-0.25, -0.2) is 0 Å². The number of nitrogens with one attached hydrogen (secondary N) is 2. The van der Waals surface area contributed by atoms with E-state index in [9.17, 15) is 19.2 Å². The predicted octanol–water partition coefficient (Wildman–Crippen LogP) is 3.03. The third kappa shape index (κ3) is 3.72. The molecule has 4 rings (SSSR count). The Labute approximate surface area is 173 Å². The number of anilines is 2. The summed E-state index contributed by atoms with van der Waals surface area (Å²) in [4.78, 5) is 51.4. The fourth-order valence-corrected chi connectivity index (χ4v) is 4.21. The van der Waals surface area contributed by atoms with Crippen molar-refractivity contribution in [3.63, 3.8) is 0 Å². The van der Waals surface area contributed by atoms with Gasteiger partial charge in [0.05, 0.1) is 18.1 Å². The summed E-state index contributed by atoms with van der Waals surface area (Å²) in [6.07, 6.45) is 4.69. The summed E-state index contributed by atoms with van der Waals surface area (Å²) < 4.78 is 5.06. The molecule has 2 fully saturated rings. The highest BCUT2D eigenvalue weighted by atomic mass is 16.3. The molecule has 1 aliphatic carbocycles. The summed E-state index contributed by atoms with van der Waals surface area (Å²) in [6.45, 7) is 1.56. The lowest BCUT2D eigenvalue weighted by atomic mass is 9.81. The molecule has 1 saturated heterocycles. The Balaban J connectivity index is 1.43. The molecule has 2 aliphatic rings. The topological polar surface area (TPSA) is 109 Å². The molecule has 2 aromatic rings. The molecule has 2 N–H and O–H groups in total. The lowest BCUT2D eigenvalue weighted by Crippen LogP contribution is -2.46. The highest BCUT2D eigenvalue weighted by molar-refractivity contribution is 6.10. The van der Waals surface area contributed by atoms with Crippen LogP contribution in [-0.2, 0) is 14.4 Å². The Hall–Kier alpha value is -3.42. The van der Waals surface area contributed by atoms with E-state index in [0.717, 1.165) is 17.7 Å². The number of nitrogens with zero attached hydrogens (tertiary/aromatic N) is 1. The van der Waals surface area contributed by atoms with Crippen molar-refractivity contribution in [1.29, 1.82) is 0 Å². The van der Waals surface area contributed by atoms with E-state index in [1.54, 1.807) is 43.3 Å². The summed E-state index contributed by atoms with van der Waals surface area (Å²) in [5.41, 5.74) is 0.918. The Bertz CT molecular complexity index is 960. The first-order chi connectivity index (χ1) is 14.5. The standard InChI is InChI=1S/C22H23N3O5/c1-13(25-21(28)16-8-2-3-9-17(16)22(25)29)19(26)23-14-6-4-7-15(12-14)24-20(27)18-10-5-11-30-18/h4-7,10-13,16-17H,2-3,8-9H2,1H3,(H,23,26)(H,24,27)/t13-,16-,17+/m0/s1. The van der Waals surface area contributed by atoms with Crippen LogP contribution in [0.1, 0.15) is 43.2 Å². The minimum absolute atomic E-state index is 0.172. The van der Waals surface area contributed by atoms with E-state index < -0.39 is 17.9 Å². The maximum absolute atomic E-state index is 12.8. The molecule has 0 unspecified atom stereocenters. The zero-order valence-electron chi connectivity index (χ0n) is 16.6. The molecule has 1 aromatic carbocycles. The predicted molar refractivity (Wildman–Crippen MR) is 108 cm³/mol. The van der Waals surface area contributed by atoms with Gasteiger partial charge in [-0.1, -0.05) is 18.9 Å². The number of hydrogen-bond donors (Lipinski definition) is 2. The largest absolute Gasteiger partial charge is 0.459 e. The van der Waals surface area contributed by atoms with Gasteiger partial charge in [0.15, 0.2) is 5.76 Å². The van der Waals surface area contributed by atoms with Crippen LogP contribution in [-0.4, -0.2) is 34.6 Å². The van der Waals surface area contributed by atoms with Gasteiger partial charge in [-0.05, 0) is 50.1 Å². The molecule has 0 bridgehead atoms. The fourth-order valence-electron chi connectivity index (χ4n) is 4.21. The number of imide groups is 1. The normalized spacial score (nSPS) is 21.8. The number of furan rings is 1. The number of amides is 4. The van der Waals surface area contributed by atoms with Crippen LogP contribution in [0.25, 0.3) is 0 Å². The van der Waals surface area contributed by atoms with Crippen LogP contribution in [0, 0.1) is 11.8 Å². The number of benzene rings is 1. The van der Waals surface area contributed by atoms with Crippen molar-refractivity contribution < 1.29 is 23.6 Å². The molecule has 30 heavy (non-hydrogen) atoms. The van der Waals surface area contributed by atoms with Crippen LogP contribution < -0.4 is 10.6 Å². The molecule has 3 atom stereocenters. The molecule has 0 spiro atoms. The van der Waals surface area contributed by atoms with Crippen molar-refractivity contribution in [2.75, 3.05) is 10.6 Å². The third-order valence-electron chi connectivity index (χ3n) is 5.77. The Kier molecular flexibility index (Phi) is 5.39. The van der Waals surface area contributed by atoms with Gasteiger partial charge in [-0.3, -0.25) is 24.1 Å². The molecule has 8 nitrogen and oxygen atoms in total. The van der Waals surface area contributed by atoms with Crippen LogP contribution in [0.5, 0.6) is 0 Å². The van der Waals surface area contributed by atoms with Gasteiger partial charge in [0, 0.05) is 11.4 Å². The van der Waals surface area contributed by atoms with E-state index in [2.05, 4.69) is 10.6 Å². The zero-order chi connectivity index (χ0) is 21.3. The molecule has 0 radical (unpaired) electrons. The number of hydrogen-bond acceptors (Lipinski definition) is 5. The molecule has 2 heterocycles. The highest BCUT2D eigenvalue weighted by Gasteiger charge is 2.50. The maximum atomic E-state index is 12.8. The molecule has 1 aromatic heterocycles. The van der Waals surface area contributed by atoms with Crippen molar-refractivity contribution in [1.82, 2.24) is 4.90 Å². The van der Waals surface area contributed by atoms with Gasteiger partial charge >= 0.3 is 0 Å². The van der Waals surface area contributed by atoms with Crippen LogP contribution in [0.15, 0.2) is 47.1 Å². The first-order valence-corrected chi connectivity index (χ1v) is 10.1. The van der Waals surface area contributed by atoms with Gasteiger partial charge in [-0.15, -0.1) is 0 Å². The average molecular weight is 409 g/mol. The fraction of sp³-hybridized carbons (Fsp3) is 0.364. The van der Waals surface area contributed by atoms with Gasteiger partial charge in [-0.2, -0.15) is 0 Å². The molecule has 4 amide bonds. The van der Waals surface area contributed by atoms with E-state index in [1.807, 2.05) is 0 Å². The molecule has 156 valence electrons. The van der Waals surface area contributed by atoms with Crippen LogP contribution in [0.4, 0.5) is 11.4 Å². The molecular weight excluding hydrogens is 386 g/mol. The smallest absolute Gasteiger partial charge is 0.291 e. The monoisotopic (exact) mass is 409 g/mol. The third-order valence-corrected chi connectivity index (χ3v) is 5.77. The maximum Gasteiger partial charge on any atom is 0.291 e. The van der Waals surface area contributed by atoms with E-state index in [0.29, 0.717) is 24.2 Å². The molecule has 8 heteroatoms. The number of fused-ring (bicyclic) bond motifs is 1. The first kappa shape index (κ1) is 19.9. The van der Waals surface area contributed by atoms with Crippen molar-refractivity contribution in [3.8, 4) is 0 Å². The van der Waals surface area contributed by atoms with Gasteiger partial charge in [0.2, 0.25) is 17.7 Å². The second kappa shape index (κ2) is 8.14. The number of likely N-dealkylation sites (tertiary alicyclic amines) is 1. The highest BCUT2D eigenvalue weighted by Crippen LogP contribution is 2.38. The number of carbonyl (C=O) groups excluding carboxylic acids is 4. The lowest BCUT2D eigenvalue weighted by molar-refractivity contribution is -0.146. The minimum Gasteiger partial charge on any atom is -0.459 e. The molecule has 1 saturated carbocycles. The van der Waals surface area contributed by atoms with Gasteiger partial charge in [0.25, 0.3) is 5.91 Å². The number of carbonyl (C=O) groups is 4. The second-order valence-corrected chi connectivity index (χ2v) is 7.72. The Morgan fingerprint density at radius 3 is 2.23 bits per heavy atom. The van der Waals surface area contributed by atoms with Crippen LogP contribution in [0.3, 0.4) is 0 Å². The first-order valence-electron chi connectivity index (χ1n) is 10.1. The SMILES string of the molecule is C[C@@H](C(=O)Nc1cccc(NC(=O)c2ccco2)c1)N1C(=O)[C@H]2CCCC[C@H]2C1=O. The lowest BCUT2D eigenvalue weighted by Gasteiger charge is -2.22. The van der Waals surface area contributed by atoms with E-state index in [-0.39, 0.29) is 29.4 Å². The van der Waals surface area contributed by atoms with Gasteiger partial charge in [0.1, 0.15) is 6.04 Å². The van der Waals surface area contributed by atoms with Crippen LogP contribution in [0.2, 0.25) is 0 Å². The summed E-state index contributed by atoms with van der Waals surface area (Å²) >= 11 is 0. The number of rotatable bonds is 5. The van der Waals surface area contributed by atoms with Crippen molar-refractivity contribution >= 4 is 35.0 Å². The average Bonchev–Trinajstić information content (AvgIpc) is 3.36. The Morgan fingerprint density at radius 2 is 1.63 bits per heavy atom. The van der Waals surface area contributed by atoms with Crippen LogP contribution >= 0.6 is 0 Å². The van der Waals surface area contributed by atoms with Crippen molar-refractivity contribution in [2.45, 2.75) is 38.6 Å². The van der Waals surface area contributed by atoms with E-state index >= 15 is 0 Å². The molecule has 1 aliphatic heterocycles. The minimum atomic E-state index is -0.906. The summed E-state index contributed by atoms with van der Waals surface area (Å²) in [5.74, 6) is -1.76. The summed E-state index contributed by atoms with van der Waals surface area (Å²) in [7, 11) is 0. The zero-order valence-corrected chi connectivity index (χ0v) is 16.6. The summed E-state index contributed by atoms with van der Waals surface area (Å²) in [5, 5.41) is 5.42. The van der Waals surface area contributed by atoms with E-state index in [4.69, 9.17) is 4.42 Å². The second-order valence-electron chi connectivity index (χ2n) is 7.72. The van der Waals surface area contributed by atoms with Gasteiger partial charge < -0.3 is 15.1 Å². The summed E-state index contributed by atoms with van der Waals surface area (Å²) in [6, 6.07) is 8.88. The molecular formula is C22H23N3O5. The van der Waals surface area contributed by atoms with E-state index in [1.165, 1.54) is 6.26 Å². The van der Waals surface area contributed by atoms with Crippen molar-refractivity contribution in [2.24, 2.45) is 11.8 Å². The quantitative estimate of drug-likeness (QED) is 0.738.